The van der Waals surface area contributed by atoms with Crippen molar-refractivity contribution in [2.45, 2.75) is 43.9 Å². The van der Waals surface area contributed by atoms with Gasteiger partial charge >= 0.3 is 0 Å². The molecule has 0 bridgehead atoms. The van der Waals surface area contributed by atoms with Crippen molar-refractivity contribution in [1.29, 1.82) is 0 Å². The second-order valence-corrected chi connectivity index (χ2v) is 7.39. The van der Waals surface area contributed by atoms with E-state index in [1.165, 1.54) is 6.92 Å². The molecule has 1 amide bonds. The molecule has 0 unspecified atom stereocenters. The number of hydrogen-bond donors (Lipinski definition) is 2. The van der Waals surface area contributed by atoms with Crippen LogP contribution in [0.15, 0.2) is 54.6 Å². The minimum Gasteiger partial charge on any atom is -0.461 e. The van der Waals surface area contributed by atoms with Crippen LogP contribution in [0.1, 0.15) is 18.8 Å². The van der Waals surface area contributed by atoms with Gasteiger partial charge in [0.15, 0.2) is 6.29 Å². The third kappa shape index (κ3) is 4.39. The molecule has 0 saturated carbocycles. The van der Waals surface area contributed by atoms with Gasteiger partial charge in [-0.15, -0.1) is 0 Å². The minimum absolute atomic E-state index is 0.205. The summed E-state index contributed by atoms with van der Waals surface area (Å²) in [5.41, 5.74) is 0.837. The number of aliphatic hydroxyl groups excluding tert-OH is 1. The number of fused-ring (bicyclic) bond motifs is 1. The van der Waals surface area contributed by atoms with E-state index in [9.17, 15) is 9.90 Å². The second kappa shape index (κ2) is 8.69. The Bertz CT molecular complexity index is 850. The SMILES string of the molecule is CC(=O)N[C@H]1[C@H](Oc2ccccc2Cl)O[C@@H]2CO[C@@H](c3ccccc3)O[C@H]2[C@@H]1O. The third-order valence-electron chi connectivity index (χ3n) is 4.89. The van der Waals surface area contributed by atoms with Gasteiger partial charge in [0.05, 0.1) is 11.6 Å². The molecular formula is C21H22ClNO6. The Morgan fingerprint density at radius 3 is 2.59 bits per heavy atom. The highest BCUT2D eigenvalue weighted by molar-refractivity contribution is 6.32. The quantitative estimate of drug-likeness (QED) is 0.791. The van der Waals surface area contributed by atoms with Crippen molar-refractivity contribution in [3.05, 3.63) is 65.2 Å². The summed E-state index contributed by atoms with van der Waals surface area (Å²) in [5.74, 6) is 0.0653. The van der Waals surface area contributed by atoms with Crippen molar-refractivity contribution in [2.24, 2.45) is 0 Å². The molecule has 0 radical (unpaired) electrons. The Morgan fingerprint density at radius 2 is 1.86 bits per heavy atom. The van der Waals surface area contributed by atoms with Gasteiger partial charge in [0.25, 0.3) is 0 Å². The van der Waals surface area contributed by atoms with Crippen LogP contribution in [0.4, 0.5) is 0 Å². The zero-order valence-electron chi connectivity index (χ0n) is 15.7. The Kier molecular flexibility index (Phi) is 6.03. The summed E-state index contributed by atoms with van der Waals surface area (Å²) in [7, 11) is 0. The molecule has 2 saturated heterocycles. The number of hydrogen-bond acceptors (Lipinski definition) is 6. The topological polar surface area (TPSA) is 86.3 Å². The van der Waals surface area contributed by atoms with Crippen LogP contribution in [0.25, 0.3) is 0 Å². The summed E-state index contributed by atoms with van der Waals surface area (Å²) in [5, 5.41) is 14.1. The molecule has 0 aromatic heterocycles. The van der Waals surface area contributed by atoms with Crippen molar-refractivity contribution in [3.8, 4) is 5.75 Å². The van der Waals surface area contributed by atoms with E-state index in [4.69, 9.17) is 30.5 Å². The molecule has 2 aliphatic rings. The fourth-order valence-corrected chi connectivity index (χ4v) is 3.71. The Labute approximate surface area is 173 Å². The lowest BCUT2D eigenvalue weighted by Crippen LogP contribution is -2.67. The molecule has 2 fully saturated rings. The number of rotatable bonds is 4. The van der Waals surface area contributed by atoms with Gasteiger partial charge in [-0.2, -0.15) is 0 Å². The first-order valence-corrected chi connectivity index (χ1v) is 9.74. The Morgan fingerprint density at radius 1 is 1.14 bits per heavy atom. The van der Waals surface area contributed by atoms with Gasteiger partial charge in [-0.1, -0.05) is 54.1 Å². The number of halogens is 1. The summed E-state index contributed by atoms with van der Waals surface area (Å²) in [6, 6.07) is 15.5. The summed E-state index contributed by atoms with van der Waals surface area (Å²) < 4.78 is 23.7. The number of carbonyl (C=O) groups excluding carboxylic acids is 1. The first-order valence-electron chi connectivity index (χ1n) is 9.37. The molecule has 154 valence electrons. The smallest absolute Gasteiger partial charge is 0.223 e. The van der Waals surface area contributed by atoms with Gasteiger partial charge in [0.1, 0.15) is 30.1 Å². The lowest BCUT2D eigenvalue weighted by atomic mass is 9.95. The zero-order chi connectivity index (χ0) is 20.4. The highest BCUT2D eigenvalue weighted by Crippen LogP contribution is 2.35. The molecule has 6 atom stereocenters. The summed E-state index contributed by atoms with van der Waals surface area (Å²) >= 11 is 6.18. The molecule has 4 rings (SSSR count). The molecule has 8 heteroatoms. The first kappa shape index (κ1) is 20.1. The summed E-state index contributed by atoms with van der Waals surface area (Å²) in [6.07, 6.45) is -3.93. The van der Waals surface area contributed by atoms with E-state index in [0.717, 1.165) is 5.56 Å². The van der Waals surface area contributed by atoms with E-state index in [1.807, 2.05) is 30.3 Å². The van der Waals surface area contributed by atoms with Crippen LogP contribution in [0.5, 0.6) is 5.75 Å². The van der Waals surface area contributed by atoms with Gasteiger partial charge in [-0.3, -0.25) is 4.79 Å². The standard InChI is InChI=1S/C21H22ClNO6/c1-12(24)23-17-18(25)19-16(11-26-20(29-19)13-7-3-2-4-8-13)28-21(17)27-15-10-6-5-9-14(15)22/h2-10,16-21,25H,11H2,1H3,(H,23,24)/t16-,17-,18-,19-,20-,21-/m1/s1. The maximum atomic E-state index is 11.7. The number of amides is 1. The molecule has 7 nitrogen and oxygen atoms in total. The predicted molar refractivity (Wildman–Crippen MR) is 104 cm³/mol. The molecule has 2 N–H and O–H groups in total. The van der Waals surface area contributed by atoms with Crippen LogP contribution in [0.2, 0.25) is 5.02 Å². The number of aliphatic hydroxyl groups is 1. The highest BCUT2D eigenvalue weighted by Gasteiger charge is 2.50. The van der Waals surface area contributed by atoms with Crippen molar-refractivity contribution in [3.63, 3.8) is 0 Å². The third-order valence-corrected chi connectivity index (χ3v) is 5.20. The number of para-hydroxylation sites is 1. The molecule has 0 aliphatic carbocycles. The number of carbonyl (C=O) groups is 1. The van der Waals surface area contributed by atoms with Crippen LogP contribution in [-0.4, -0.2) is 48.3 Å². The zero-order valence-corrected chi connectivity index (χ0v) is 16.5. The van der Waals surface area contributed by atoms with Crippen LogP contribution < -0.4 is 10.1 Å². The molecule has 29 heavy (non-hydrogen) atoms. The van der Waals surface area contributed by atoms with Crippen molar-refractivity contribution in [2.75, 3.05) is 6.61 Å². The van der Waals surface area contributed by atoms with Crippen LogP contribution >= 0.6 is 11.6 Å². The molecule has 2 aliphatic heterocycles. The second-order valence-electron chi connectivity index (χ2n) is 6.98. The average Bonchev–Trinajstić information content (AvgIpc) is 2.73. The Hall–Kier alpha value is -2.16. The number of nitrogens with one attached hydrogen (secondary N) is 1. The summed E-state index contributed by atoms with van der Waals surface area (Å²) in [4.78, 5) is 11.7. The van der Waals surface area contributed by atoms with Crippen LogP contribution in [0, 0.1) is 0 Å². The van der Waals surface area contributed by atoms with E-state index in [1.54, 1.807) is 24.3 Å². The van der Waals surface area contributed by atoms with Crippen molar-refractivity contribution in [1.82, 2.24) is 5.32 Å². The van der Waals surface area contributed by atoms with Crippen molar-refractivity contribution < 1.29 is 28.8 Å². The maximum Gasteiger partial charge on any atom is 0.223 e. The van der Waals surface area contributed by atoms with Gasteiger partial charge in [-0.25, -0.2) is 0 Å². The van der Waals surface area contributed by atoms with E-state index in [0.29, 0.717) is 10.8 Å². The first-order chi connectivity index (χ1) is 14.0. The van der Waals surface area contributed by atoms with E-state index < -0.39 is 36.9 Å². The van der Waals surface area contributed by atoms with Gasteiger partial charge < -0.3 is 29.4 Å². The van der Waals surface area contributed by atoms with Crippen molar-refractivity contribution >= 4 is 17.5 Å². The molecule has 2 aromatic rings. The fourth-order valence-electron chi connectivity index (χ4n) is 3.53. The largest absolute Gasteiger partial charge is 0.461 e. The number of ether oxygens (including phenoxy) is 4. The highest BCUT2D eigenvalue weighted by atomic mass is 35.5. The van der Waals surface area contributed by atoms with Crippen LogP contribution in [0.3, 0.4) is 0 Å². The Balaban J connectivity index is 1.55. The van der Waals surface area contributed by atoms with E-state index in [-0.39, 0.29) is 12.5 Å². The molecule has 0 spiro atoms. The lowest BCUT2D eigenvalue weighted by molar-refractivity contribution is -0.333. The van der Waals surface area contributed by atoms with E-state index >= 15 is 0 Å². The molecule has 2 heterocycles. The predicted octanol–water partition coefficient (Wildman–Crippen LogP) is 2.42. The lowest BCUT2D eigenvalue weighted by Gasteiger charge is -2.47. The van der Waals surface area contributed by atoms with Crippen LogP contribution in [-0.2, 0) is 19.0 Å². The maximum absolute atomic E-state index is 11.7. The van der Waals surface area contributed by atoms with Gasteiger partial charge in [0, 0.05) is 12.5 Å². The van der Waals surface area contributed by atoms with Gasteiger partial charge in [0.2, 0.25) is 12.2 Å². The van der Waals surface area contributed by atoms with Gasteiger partial charge in [-0.05, 0) is 12.1 Å². The molecule has 2 aromatic carbocycles. The fraction of sp³-hybridized carbons (Fsp3) is 0.381. The number of benzene rings is 2. The minimum atomic E-state index is -1.07. The normalized spacial score (nSPS) is 31.6. The van der Waals surface area contributed by atoms with E-state index in [2.05, 4.69) is 5.32 Å². The average molecular weight is 420 g/mol. The summed E-state index contributed by atoms with van der Waals surface area (Å²) in [6.45, 7) is 1.57. The molecular weight excluding hydrogens is 398 g/mol. The monoisotopic (exact) mass is 419 g/mol.